The van der Waals surface area contributed by atoms with Crippen LogP contribution < -0.4 is 5.32 Å². The third kappa shape index (κ3) is 4.51. The summed E-state index contributed by atoms with van der Waals surface area (Å²) in [4.78, 5) is 16.9. The van der Waals surface area contributed by atoms with Gasteiger partial charge in [-0.25, -0.2) is 13.8 Å². The third-order valence-corrected chi connectivity index (χ3v) is 4.49. The second kappa shape index (κ2) is 8.75. The lowest BCUT2D eigenvalue weighted by Gasteiger charge is -2.08. The second-order valence-electron chi connectivity index (χ2n) is 6.58. The fourth-order valence-corrected chi connectivity index (χ4v) is 3.04. The number of rotatable bonds is 8. The number of benzene rings is 1. The number of carbonyl (C=O) groups excluding carboxylic acids is 1. The van der Waals surface area contributed by atoms with E-state index in [2.05, 4.69) is 17.2 Å². The van der Waals surface area contributed by atoms with Crippen LogP contribution in [0.2, 0.25) is 0 Å². The number of carbonyl (C=O) groups is 1. The molecule has 0 aliphatic heterocycles. The summed E-state index contributed by atoms with van der Waals surface area (Å²) in [5, 5.41) is 2.90. The summed E-state index contributed by atoms with van der Waals surface area (Å²) >= 11 is 0. The van der Waals surface area contributed by atoms with Gasteiger partial charge < -0.3 is 5.32 Å². The number of amides is 1. The van der Waals surface area contributed by atoms with Gasteiger partial charge in [-0.1, -0.05) is 38.7 Å². The molecule has 4 nitrogen and oxygen atoms in total. The van der Waals surface area contributed by atoms with E-state index in [4.69, 9.17) is 0 Å². The molecule has 27 heavy (non-hydrogen) atoms. The molecule has 6 heteroatoms. The van der Waals surface area contributed by atoms with Crippen LogP contribution in [0.5, 0.6) is 0 Å². The van der Waals surface area contributed by atoms with Crippen molar-refractivity contribution in [1.29, 1.82) is 0 Å². The highest BCUT2D eigenvalue weighted by Crippen LogP contribution is 2.30. The Bertz CT molecular complexity index is 936. The molecule has 2 aromatic heterocycles. The fourth-order valence-electron chi connectivity index (χ4n) is 3.04. The highest BCUT2D eigenvalue weighted by Gasteiger charge is 2.17. The first kappa shape index (κ1) is 19.0. The van der Waals surface area contributed by atoms with Crippen LogP contribution >= 0.6 is 0 Å². The number of fused-ring (bicyclic) bond motifs is 1. The van der Waals surface area contributed by atoms with E-state index in [9.17, 15) is 13.6 Å². The van der Waals surface area contributed by atoms with Gasteiger partial charge in [0.05, 0.1) is 0 Å². The number of halogens is 2. The van der Waals surface area contributed by atoms with E-state index in [1.807, 2.05) is 12.1 Å². The Labute approximate surface area is 157 Å². The van der Waals surface area contributed by atoms with Crippen molar-refractivity contribution in [2.24, 2.45) is 0 Å². The Morgan fingerprint density at radius 3 is 2.67 bits per heavy atom. The van der Waals surface area contributed by atoms with E-state index in [0.29, 0.717) is 29.1 Å². The number of pyridine rings is 1. The predicted molar refractivity (Wildman–Crippen MR) is 103 cm³/mol. The number of nitrogens with one attached hydrogen (secondary N) is 1. The van der Waals surface area contributed by atoms with Gasteiger partial charge in [0.2, 0.25) is 5.91 Å². The average molecular weight is 371 g/mol. The van der Waals surface area contributed by atoms with Crippen LogP contribution in [0.1, 0.15) is 45.4 Å². The van der Waals surface area contributed by atoms with E-state index in [1.54, 1.807) is 16.7 Å². The minimum Gasteiger partial charge on any atom is -0.310 e. The zero-order chi connectivity index (χ0) is 19.2. The molecule has 0 radical (unpaired) electrons. The standard InChI is InChI=1S/C21H23F2N3O/c1-2-3-4-5-6-10-19(27)25-21-20(15-11-12-16(22)17(23)14-15)24-18-9-7-8-13-26(18)21/h7-9,11-14H,2-6,10H2,1H3,(H,25,27). The van der Waals surface area contributed by atoms with Crippen molar-refractivity contribution in [3.8, 4) is 11.3 Å². The molecular weight excluding hydrogens is 348 g/mol. The molecule has 0 spiro atoms. The SMILES string of the molecule is CCCCCCCC(=O)Nc1c(-c2ccc(F)c(F)c2)nc2ccccn12. The van der Waals surface area contributed by atoms with Gasteiger partial charge in [0.25, 0.3) is 0 Å². The molecule has 3 rings (SSSR count). The molecule has 1 N–H and O–H groups in total. The van der Waals surface area contributed by atoms with Crippen LogP contribution in [0.4, 0.5) is 14.6 Å². The summed E-state index contributed by atoms with van der Waals surface area (Å²) in [6.07, 6.45) is 7.50. The number of aromatic nitrogens is 2. The lowest BCUT2D eigenvalue weighted by atomic mass is 10.1. The largest absolute Gasteiger partial charge is 0.310 e. The molecule has 0 aliphatic rings. The van der Waals surface area contributed by atoms with Crippen LogP contribution in [-0.4, -0.2) is 15.3 Å². The Kier molecular flexibility index (Phi) is 6.16. The minimum absolute atomic E-state index is 0.110. The first-order valence-electron chi connectivity index (χ1n) is 9.32. The molecule has 0 bridgehead atoms. The van der Waals surface area contributed by atoms with E-state index in [1.165, 1.54) is 12.5 Å². The lowest BCUT2D eigenvalue weighted by Crippen LogP contribution is -2.13. The molecule has 1 aromatic carbocycles. The smallest absolute Gasteiger partial charge is 0.225 e. The van der Waals surface area contributed by atoms with Gasteiger partial charge in [0.15, 0.2) is 11.6 Å². The molecule has 0 atom stereocenters. The summed E-state index contributed by atoms with van der Waals surface area (Å²) in [6, 6.07) is 9.07. The van der Waals surface area contributed by atoms with Gasteiger partial charge in [0, 0.05) is 18.2 Å². The Hall–Kier alpha value is -2.76. The van der Waals surface area contributed by atoms with Gasteiger partial charge >= 0.3 is 0 Å². The normalized spacial score (nSPS) is 11.1. The zero-order valence-electron chi connectivity index (χ0n) is 15.3. The summed E-state index contributed by atoms with van der Waals surface area (Å²) in [5.41, 5.74) is 1.45. The van der Waals surface area contributed by atoms with Gasteiger partial charge in [-0.2, -0.15) is 0 Å². The molecule has 2 heterocycles. The summed E-state index contributed by atoms with van der Waals surface area (Å²) < 4.78 is 28.7. The fraction of sp³-hybridized carbons (Fsp3) is 0.333. The molecule has 0 fully saturated rings. The maximum Gasteiger partial charge on any atom is 0.225 e. The molecule has 142 valence electrons. The second-order valence-corrected chi connectivity index (χ2v) is 6.58. The summed E-state index contributed by atoms with van der Waals surface area (Å²) in [7, 11) is 0. The van der Waals surface area contributed by atoms with Crippen molar-refractivity contribution >= 4 is 17.4 Å². The van der Waals surface area contributed by atoms with E-state index >= 15 is 0 Å². The first-order valence-corrected chi connectivity index (χ1v) is 9.32. The topological polar surface area (TPSA) is 46.4 Å². The summed E-state index contributed by atoms with van der Waals surface area (Å²) in [6.45, 7) is 2.15. The van der Waals surface area contributed by atoms with E-state index < -0.39 is 11.6 Å². The predicted octanol–water partition coefficient (Wildman–Crippen LogP) is 5.58. The lowest BCUT2D eigenvalue weighted by molar-refractivity contribution is -0.116. The Balaban J connectivity index is 1.84. The average Bonchev–Trinajstić information content (AvgIpc) is 3.02. The molecule has 3 aromatic rings. The van der Waals surface area contributed by atoms with Gasteiger partial charge in [0.1, 0.15) is 17.2 Å². The highest BCUT2D eigenvalue weighted by molar-refractivity contribution is 5.94. The molecule has 0 saturated carbocycles. The van der Waals surface area contributed by atoms with Crippen LogP contribution in [0.15, 0.2) is 42.6 Å². The molecule has 0 unspecified atom stereocenters. The van der Waals surface area contributed by atoms with Crippen molar-refractivity contribution in [2.75, 3.05) is 5.32 Å². The minimum atomic E-state index is -0.947. The number of imidazole rings is 1. The van der Waals surface area contributed by atoms with Crippen molar-refractivity contribution in [3.05, 3.63) is 54.2 Å². The maximum atomic E-state index is 13.7. The molecular formula is C21H23F2N3O. The highest BCUT2D eigenvalue weighted by atomic mass is 19.2. The van der Waals surface area contributed by atoms with Crippen LogP contribution in [0.3, 0.4) is 0 Å². The van der Waals surface area contributed by atoms with Gasteiger partial charge in [-0.15, -0.1) is 0 Å². The monoisotopic (exact) mass is 371 g/mol. The molecule has 0 aliphatic carbocycles. The maximum absolute atomic E-state index is 13.7. The summed E-state index contributed by atoms with van der Waals surface area (Å²) in [5.74, 6) is -1.51. The Morgan fingerprint density at radius 1 is 1.07 bits per heavy atom. The van der Waals surface area contributed by atoms with Crippen molar-refractivity contribution in [2.45, 2.75) is 45.4 Å². The van der Waals surface area contributed by atoms with Crippen LogP contribution in [-0.2, 0) is 4.79 Å². The molecule has 0 saturated heterocycles. The van der Waals surface area contributed by atoms with Crippen molar-refractivity contribution < 1.29 is 13.6 Å². The van der Waals surface area contributed by atoms with Crippen molar-refractivity contribution in [3.63, 3.8) is 0 Å². The molecule has 1 amide bonds. The number of hydrogen-bond donors (Lipinski definition) is 1. The quantitative estimate of drug-likeness (QED) is 0.526. The first-order chi connectivity index (χ1) is 13.1. The van der Waals surface area contributed by atoms with Crippen molar-refractivity contribution in [1.82, 2.24) is 9.38 Å². The third-order valence-electron chi connectivity index (χ3n) is 4.49. The number of nitrogens with zero attached hydrogens (tertiary/aromatic N) is 2. The van der Waals surface area contributed by atoms with E-state index in [0.717, 1.165) is 37.8 Å². The van der Waals surface area contributed by atoms with Gasteiger partial charge in [-0.3, -0.25) is 9.20 Å². The number of hydrogen-bond acceptors (Lipinski definition) is 2. The number of unbranched alkanes of at least 4 members (excludes halogenated alkanes) is 4. The zero-order valence-corrected chi connectivity index (χ0v) is 15.3. The van der Waals surface area contributed by atoms with E-state index in [-0.39, 0.29) is 5.91 Å². The Morgan fingerprint density at radius 2 is 1.89 bits per heavy atom. The van der Waals surface area contributed by atoms with Crippen LogP contribution in [0, 0.1) is 11.6 Å². The number of anilines is 1. The van der Waals surface area contributed by atoms with Crippen LogP contribution in [0.25, 0.3) is 16.9 Å². The van der Waals surface area contributed by atoms with Gasteiger partial charge in [-0.05, 0) is 36.8 Å².